The first-order chi connectivity index (χ1) is 5.11. The van der Waals surface area contributed by atoms with Crippen molar-refractivity contribution in [3.05, 3.63) is 28.2 Å². The van der Waals surface area contributed by atoms with Crippen molar-refractivity contribution in [2.75, 3.05) is 0 Å². The Morgan fingerprint density at radius 2 is 2.08 bits per heavy atom. The molecule has 0 saturated carbocycles. The molecule has 1 aromatic rings. The van der Waals surface area contributed by atoms with Crippen molar-refractivity contribution in [3.63, 3.8) is 0 Å². The van der Waals surface area contributed by atoms with Gasteiger partial charge in [-0.15, -0.1) is 0 Å². The first-order valence-corrected chi connectivity index (χ1v) is 4.88. The van der Waals surface area contributed by atoms with Crippen LogP contribution in [0.2, 0.25) is 0 Å². The molecular formula is C7H8BrNaO2S. The van der Waals surface area contributed by atoms with Crippen LogP contribution < -0.4 is 0 Å². The van der Waals surface area contributed by atoms with Crippen LogP contribution in [-0.2, 0) is 11.1 Å². The van der Waals surface area contributed by atoms with E-state index in [4.69, 9.17) is 4.55 Å². The average molecular weight is 259 g/mol. The minimum absolute atomic E-state index is 0. The van der Waals surface area contributed by atoms with E-state index in [1.165, 1.54) is 0 Å². The molecule has 1 aromatic carbocycles. The van der Waals surface area contributed by atoms with Gasteiger partial charge in [0.05, 0.1) is 4.90 Å². The summed E-state index contributed by atoms with van der Waals surface area (Å²) in [6, 6.07) is 5.06. The summed E-state index contributed by atoms with van der Waals surface area (Å²) in [4.78, 5) is 0.436. The zero-order valence-corrected chi connectivity index (χ0v) is 8.28. The second kappa shape index (κ2) is 5.52. The molecule has 1 unspecified atom stereocenters. The molecule has 0 aliphatic heterocycles. The molecular weight excluding hydrogens is 251 g/mol. The predicted molar refractivity (Wildman–Crippen MR) is 55.1 cm³/mol. The topological polar surface area (TPSA) is 37.3 Å². The molecule has 1 N–H and O–H groups in total. The number of hydrogen-bond donors (Lipinski definition) is 1. The molecule has 5 heteroatoms. The van der Waals surface area contributed by atoms with Crippen molar-refractivity contribution in [1.29, 1.82) is 0 Å². The Morgan fingerprint density at radius 3 is 2.50 bits per heavy atom. The van der Waals surface area contributed by atoms with Gasteiger partial charge in [-0.3, -0.25) is 0 Å². The van der Waals surface area contributed by atoms with Crippen LogP contribution in [0.25, 0.3) is 0 Å². The van der Waals surface area contributed by atoms with Gasteiger partial charge in [0.1, 0.15) is 0 Å². The SMILES string of the molecule is Cc1cc(S(=O)O)ccc1Br.[NaH]. The van der Waals surface area contributed by atoms with Gasteiger partial charge in [0.25, 0.3) is 0 Å². The molecule has 0 radical (unpaired) electrons. The molecule has 62 valence electrons. The van der Waals surface area contributed by atoms with Crippen LogP contribution in [0.1, 0.15) is 5.56 Å². The Kier molecular flexibility index (Phi) is 5.89. The molecule has 0 aliphatic rings. The fourth-order valence-corrected chi connectivity index (χ4v) is 1.43. The maximum atomic E-state index is 10.6. The molecule has 1 rings (SSSR count). The van der Waals surface area contributed by atoms with E-state index in [0.29, 0.717) is 4.90 Å². The third kappa shape index (κ3) is 3.28. The molecule has 0 heterocycles. The summed E-state index contributed by atoms with van der Waals surface area (Å²) in [5.74, 6) is 0. The first kappa shape index (κ1) is 12.8. The Balaban J connectivity index is 0.00000121. The number of benzene rings is 1. The van der Waals surface area contributed by atoms with Crippen LogP contribution in [0.5, 0.6) is 0 Å². The molecule has 0 bridgehead atoms. The Morgan fingerprint density at radius 1 is 1.50 bits per heavy atom. The van der Waals surface area contributed by atoms with E-state index in [9.17, 15) is 4.21 Å². The predicted octanol–water partition coefficient (Wildman–Crippen LogP) is 1.69. The van der Waals surface area contributed by atoms with Crippen LogP contribution in [0, 0.1) is 6.92 Å². The summed E-state index contributed by atoms with van der Waals surface area (Å²) in [5.41, 5.74) is 0.963. The van der Waals surface area contributed by atoms with Crippen molar-refractivity contribution in [1.82, 2.24) is 0 Å². The van der Waals surface area contributed by atoms with Gasteiger partial charge in [-0.2, -0.15) is 0 Å². The number of aryl methyl sites for hydroxylation is 1. The fraction of sp³-hybridized carbons (Fsp3) is 0.143. The summed E-state index contributed by atoms with van der Waals surface area (Å²) >= 11 is 1.43. The van der Waals surface area contributed by atoms with E-state index < -0.39 is 11.1 Å². The number of hydrogen-bond acceptors (Lipinski definition) is 1. The average Bonchev–Trinajstić information content (AvgIpc) is 1.94. The van der Waals surface area contributed by atoms with Gasteiger partial charge < -0.3 is 4.55 Å². The van der Waals surface area contributed by atoms with E-state index in [-0.39, 0.29) is 29.6 Å². The second-order valence-corrected chi connectivity index (χ2v) is 3.98. The van der Waals surface area contributed by atoms with Gasteiger partial charge in [-0.25, -0.2) is 4.21 Å². The van der Waals surface area contributed by atoms with Crippen molar-refractivity contribution in [3.8, 4) is 0 Å². The van der Waals surface area contributed by atoms with Crippen LogP contribution in [0.4, 0.5) is 0 Å². The third-order valence-electron chi connectivity index (χ3n) is 1.33. The van der Waals surface area contributed by atoms with E-state index in [1.807, 2.05) is 6.92 Å². The monoisotopic (exact) mass is 258 g/mol. The normalized spacial score (nSPS) is 11.9. The first-order valence-electron chi connectivity index (χ1n) is 2.98. The zero-order valence-electron chi connectivity index (χ0n) is 5.87. The van der Waals surface area contributed by atoms with E-state index in [0.717, 1.165) is 10.0 Å². The van der Waals surface area contributed by atoms with Crippen molar-refractivity contribution < 1.29 is 8.76 Å². The van der Waals surface area contributed by atoms with Gasteiger partial charge >= 0.3 is 29.6 Å². The fourth-order valence-electron chi connectivity index (χ4n) is 0.726. The van der Waals surface area contributed by atoms with Gasteiger partial charge in [-0.05, 0) is 30.7 Å². The summed E-state index contributed by atoms with van der Waals surface area (Å²) in [6.45, 7) is 1.88. The molecule has 0 aliphatic carbocycles. The standard InChI is InChI=1S/C7H7BrO2S.Na.H/c1-5-4-6(11(9)10)2-3-7(5)8;;/h2-4H,1H3,(H,9,10);;. The number of halogens is 1. The summed E-state index contributed by atoms with van der Waals surface area (Å²) in [5, 5.41) is 0. The molecule has 0 aromatic heterocycles. The van der Waals surface area contributed by atoms with Crippen molar-refractivity contribution in [2.24, 2.45) is 0 Å². The molecule has 1 atom stereocenters. The summed E-state index contributed by atoms with van der Waals surface area (Å²) in [7, 11) is 0. The molecule has 0 fully saturated rings. The van der Waals surface area contributed by atoms with Crippen LogP contribution in [-0.4, -0.2) is 38.3 Å². The van der Waals surface area contributed by atoms with Crippen LogP contribution in [0.15, 0.2) is 27.6 Å². The van der Waals surface area contributed by atoms with E-state index >= 15 is 0 Å². The van der Waals surface area contributed by atoms with Crippen LogP contribution >= 0.6 is 15.9 Å². The minimum atomic E-state index is -1.87. The Hall–Kier alpha value is 0.810. The second-order valence-electron chi connectivity index (χ2n) is 2.16. The maximum absolute atomic E-state index is 10.6. The van der Waals surface area contributed by atoms with E-state index in [2.05, 4.69) is 15.9 Å². The van der Waals surface area contributed by atoms with Gasteiger partial charge in [0, 0.05) is 4.47 Å². The molecule has 12 heavy (non-hydrogen) atoms. The van der Waals surface area contributed by atoms with Crippen molar-refractivity contribution >= 4 is 56.6 Å². The van der Waals surface area contributed by atoms with E-state index in [1.54, 1.807) is 18.2 Å². The number of rotatable bonds is 1. The van der Waals surface area contributed by atoms with Crippen molar-refractivity contribution in [2.45, 2.75) is 11.8 Å². The van der Waals surface area contributed by atoms with Gasteiger partial charge in [0.2, 0.25) is 0 Å². The Labute approximate surface area is 104 Å². The third-order valence-corrected chi connectivity index (χ3v) is 2.88. The van der Waals surface area contributed by atoms with Gasteiger partial charge in [0.15, 0.2) is 11.1 Å². The summed E-state index contributed by atoms with van der Waals surface area (Å²) < 4.78 is 20.2. The van der Waals surface area contributed by atoms with Crippen LogP contribution in [0.3, 0.4) is 0 Å². The molecule has 2 nitrogen and oxygen atoms in total. The molecule has 0 saturated heterocycles. The Bertz CT molecular complexity index is 303. The zero-order chi connectivity index (χ0) is 8.43. The summed E-state index contributed by atoms with van der Waals surface area (Å²) in [6.07, 6.45) is 0. The van der Waals surface area contributed by atoms with Gasteiger partial charge in [-0.1, -0.05) is 15.9 Å². The molecule has 0 spiro atoms. The quantitative estimate of drug-likeness (QED) is 0.615. The molecule has 0 amide bonds.